The van der Waals surface area contributed by atoms with Crippen LogP contribution >= 0.6 is 0 Å². The van der Waals surface area contributed by atoms with Gasteiger partial charge in [0.1, 0.15) is 5.75 Å². The Morgan fingerprint density at radius 1 is 1.11 bits per heavy atom. The van der Waals surface area contributed by atoms with Crippen molar-refractivity contribution in [1.82, 2.24) is 4.57 Å². The fourth-order valence-corrected chi connectivity index (χ4v) is 3.30. The fourth-order valence-electron chi connectivity index (χ4n) is 3.30. The summed E-state index contributed by atoms with van der Waals surface area (Å²) >= 11 is 0. The van der Waals surface area contributed by atoms with E-state index >= 15 is 0 Å². The van der Waals surface area contributed by atoms with Crippen molar-refractivity contribution < 1.29 is 14.3 Å². The number of Topliss-reactive ketones (excluding diaryl/α,β-unsaturated/α-hetero) is 1. The second-order valence-electron chi connectivity index (χ2n) is 6.58. The molecule has 0 radical (unpaired) electrons. The molecule has 0 bridgehead atoms. The van der Waals surface area contributed by atoms with Crippen LogP contribution in [0.4, 0.5) is 5.69 Å². The number of rotatable bonds is 3. The third-order valence-corrected chi connectivity index (χ3v) is 4.97. The van der Waals surface area contributed by atoms with Gasteiger partial charge < -0.3 is 14.2 Å². The SMILES string of the molecule is CC(C(=O)c1ccc2c(c1)N(C)C(=O)CO2)n1ccc2ccccc2c1=O. The maximum atomic E-state index is 13.0. The second kappa shape index (κ2) is 6.39. The zero-order valence-corrected chi connectivity index (χ0v) is 15.0. The Hall–Kier alpha value is -3.41. The van der Waals surface area contributed by atoms with Crippen molar-refractivity contribution in [3.63, 3.8) is 0 Å². The molecule has 1 aliphatic heterocycles. The molecule has 6 nitrogen and oxygen atoms in total. The lowest BCUT2D eigenvalue weighted by Gasteiger charge is -2.26. The molecule has 6 heteroatoms. The molecule has 4 rings (SSSR count). The summed E-state index contributed by atoms with van der Waals surface area (Å²) in [6.07, 6.45) is 1.64. The molecule has 0 N–H and O–H groups in total. The van der Waals surface area contributed by atoms with E-state index in [1.807, 2.05) is 18.2 Å². The van der Waals surface area contributed by atoms with Crippen LogP contribution in [0.25, 0.3) is 10.8 Å². The highest BCUT2D eigenvalue weighted by atomic mass is 16.5. The van der Waals surface area contributed by atoms with Gasteiger partial charge >= 0.3 is 0 Å². The van der Waals surface area contributed by atoms with Gasteiger partial charge in [0.2, 0.25) is 0 Å². The number of ether oxygens (including phenoxy) is 1. The standard InChI is InChI=1S/C21H18N2O4/c1-13(23-10-9-14-5-3-4-6-16(14)21(23)26)20(25)15-7-8-18-17(11-15)22(2)19(24)12-27-18/h3-11,13H,12H2,1-2H3. The summed E-state index contributed by atoms with van der Waals surface area (Å²) in [5.74, 6) is 0.177. The molecule has 0 fully saturated rings. The molecule has 0 saturated heterocycles. The number of hydrogen-bond donors (Lipinski definition) is 0. The number of anilines is 1. The first kappa shape index (κ1) is 17.0. The number of likely N-dealkylation sites (N-methyl/N-ethyl adjacent to an activating group) is 1. The lowest BCUT2D eigenvalue weighted by molar-refractivity contribution is -0.120. The van der Waals surface area contributed by atoms with Crippen LogP contribution in [0.1, 0.15) is 23.3 Å². The van der Waals surface area contributed by atoms with Crippen LogP contribution < -0.4 is 15.2 Å². The van der Waals surface area contributed by atoms with Crippen LogP contribution in [0, 0.1) is 0 Å². The zero-order valence-electron chi connectivity index (χ0n) is 15.0. The van der Waals surface area contributed by atoms with Gasteiger partial charge in [-0.1, -0.05) is 18.2 Å². The van der Waals surface area contributed by atoms with Crippen molar-refractivity contribution in [1.29, 1.82) is 0 Å². The molecule has 2 heterocycles. The van der Waals surface area contributed by atoms with Crippen LogP contribution in [-0.4, -0.2) is 29.9 Å². The maximum Gasteiger partial charge on any atom is 0.264 e. The minimum absolute atomic E-state index is 0.0142. The van der Waals surface area contributed by atoms with Crippen molar-refractivity contribution in [2.75, 3.05) is 18.6 Å². The Labute approximate surface area is 155 Å². The Bertz CT molecular complexity index is 1130. The van der Waals surface area contributed by atoms with Gasteiger partial charge in [0, 0.05) is 24.2 Å². The van der Waals surface area contributed by atoms with E-state index in [1.54, 1.807) is 50.5 Å². The molecule has 136 valence electrons. The molecule has 1 amide bonds. The number of ketones is 1. The number of aromatic nitrogens is 1. The summed E-state index contributed by atoms with van der Waals surface area (Å²) in [6, 6.07) is 13.4. The van der Waals surface area contributed by atoms with E-state index in [0.29, 0.717) is 22.4 Å². The van der Waals surface area contributed by atoms with Crippen LogP contribution in [0.5, 0.6) is 5.75 Å². The maximum absolute atomic E-state index is 13.0. The summed E-state index contributed by atoms with van der Waals surface area (Å²) in [4.78, 5) is 39.1. The number of carbonyl (C=O) groups excluding carboxylic acids is 2. The van der Waals surface area contributed by atoms with E-state index < -0.39 is 6.04 Å². The highest BCUT2D eigenvalue weighted by molar-refractivity contribution is 6.03. The molecule has 27 heavy (non-hydrogen) atoms. The van der Waals surface area contributed by atoms with E-state index in [0.717, 1.165) is 5.39 Å². The molecule has 1 atom stereocenters. The topological polar surface area (TPSA) is 68.6 Å². The third kappa shape index (κ3) is 2.79. The summed E-state index contributed by atoms with van der Waals surface area (Å²) in [7, 11) is 1.65. The number of amides is 1. The van der Waals surface area contributed by atoms with Gasteiger partial charge in [0.15, 0.2) is 12.4 Å². The average molecular weight is 362 g/mol. The molecule has 0 saturated carbocycles. The van der Waals surface area contributed by atoms with Crippen LogP contribution in [-0.2, 0) is 4.79 Å². The third-order valence-electron chi connectivity index (χ3n) is 4.97. The van der Waals surface area contributed by atoms with Gasteiger partial charge in [0.05, 0.1) is 11.7 Å². The lowest BCUT2D eigenvalue weighted by atomic mass is 10.0. The predicted molar refractivity (Wildman–Crippen MR) is 103 cm³/mol. The van der Waals surface area contributed by atoms with Crippen molar-refractivity contribution >= 4 is 28.2 Å². The Balaban J connectivity index is 1.72. The quantitative estimate of drug-likeness (QED) is 0.672. The smallest absolute Gasteiger partial charge is 0.264 e. The monoisotopic (exact) mass is 362 g/mol. The molecule has 1 aromatic heterocycles. The van der Waals surface area contributed by atoms with Gasteiger partial charge in [-0.25, -0.2) is 0 Å². The Morgan fingerprint density at radius 2 is 1.89 bits per heavy atom. The number of hydrogen-bond acceptors (Lipinski definition) is 4. The van der Waals surface area contributed by atoms with Crippen molar-refractivity contribution in [3.8, 4) is 5.75 Å². The van der Waals surface area contributed by atoms with Crippen molar-refractivity contribution in [3.05, 3.63) is 70.6 Å². The number of pyridine rings is 1. The number of carbonyl (C=O) groups is 2. The summed E-state index contributed by atoms with van der Waals surface area (Å²) in [6.45, 7) is 1.68. The second-order valence-corrected chi connectivity index (χ2v) is 6.58. The highest BCUT2D eigenvalue weighted by Crippen LogP contribution is 2.32. The van der Waals surface area contributed by atoms with Gasteiger partial charge in [-0.05, 0) is 42.6 Å². The van der Waals surface area contributed by atoms with Crippen LogP contribution in [0.3, 0.4) is 0 Å². The normalized spacial score (nSPS) is 14.6. The number of nitrogens with zero attached hydrogens (tertiary/aromatic N) is 2. The van der Waals surface area contributed by atoms with E-state index in [-0.39, 0.29) is 23.9 Å². The van der Waals surface area contributed by atoms with Gasteiger partial charge in [-0.2, -0.15) is 0 Å². The zero-order chi connectivity index (χ0) is 19.1. The first-order valence-corrected chi connectivity index (χ1v) is 8.65. The van der Waals surface area contributed by atoms with E-state index in [4.69, 9.17) is 4.74 Å². The first-order valence-electron chi connectivity index (χ1n) is 8.65. The summed E-state index contributed by atoms with van der Waals surface area (Å²) < 4.78 is 6.84. The molecule has 0 spiro atoms. The number of fused-ring (bicyclic) bond motifs is 2. The van der Waals surface area contributed by atoms with Gasteiger partial charge in [-0.15, -0.1) is 0 Å². The molecule has 2 aromatic carbocycles. The molecular formula is C21H18N2O4. The minimum Gasteiger partial charge on any atom is -0.482 e. The van der Waals surface area contributed by atoms with E-state index in [2.05, 4.69) is 0 Å². The van der Waals surface area contributed by atoms with Crippen molar-refractivity contribution in [2.24, 2.45) is 0 Å². The molecule has 0 aliphatic carbocycles. The van der Waals surface area contributed by atoms with E-state index in [9.17, 15) is 14.4 Å². The Morgan fingerprint density at radius 3 is 2.70 bits per heavy atom. The molecular weight excluding hydrogens is 344 g/mol. The summed E-state index contributed by atoms with van der Waals surface area (Å²) in [5.41, 5.74) is 0.768. The molecule has 3 aromatic rings. The van der Waals surface area contributed by atoms with E-state index in [1.165, 1.54) is 9.47 Å². The minimum atomic E-state index is -0.675. The predicted octanol–water partition coefficient (Wildman–Crippen LogP) is 2.80. The fraction of sp³-hybridized carbons (Fsp3) is 0.190. The average Bonchev–Trinajstić information content (AvgIpc) is 2.70. The number of benzene rings is 2. The molecule has 1 aliphatic rings. The Kier molecular flexibility index (Phi) is 4.03. The van der Waals surface area contributed by atoms with Crippen molar-refractivity contribution in [2.45, 2.75) is 13.0 Å². The first-order chi connectivity index (χ1) is 13.0. The molecule has 1 unspecified atom stereocenters. The largest absolute Gasteiger partial charge is 0.482 e. The highest BCUT2D eigenvalue weighted by Gasteiger charge is 2.25. The van der Waals surface area contributed by atoms with Gasteiger partial charge in [-0.3, -0.25) is 14.4 Å². The lowest BCUT2D eigenvalue weighted by Crippen LogP contribution is -2.35. The van der Waals surface area contributed by atoms with Crippen LogP contribution in [0.15, 0.2) is 59.5 Å². The van der Waals surface area contributed by atoms with Crippen LogP contribution in [0.2, 0.25) is 0 Å². The van der Waals surface area contributed by atoms with Gasteiger partial charge in [0.25, 0.3) is 11.5 Å². The summed E-state index contributed by atoms with van der Waals surface area (Å²) in [5, 5.41) is 1.41.